The number of hydrazone groups is 1. The number of hydrogen-bond donors (Lipinski definition) is 1. The standard InChI is InChI=1S/C20H22Cl2N2O2/c1-4-5-15-6-8-16(9-7-15)13(2)23-24-20(25)14(3)26-19-11-10-17(21)12-18(19)22/h6-12,14H,4-5H2,1-3H3,(H,24,25). The van der Waals surface area contributed by atoms with Gasteiger partial charge in [0.15, 0.2) is 6.10 Å². The smallest absolute Gasteiger partial charge is 0.280 e. The van der Waals surface area contributed by atoms with E-state index in [0.717, 1.165) is 24.1 Å². The van der Waals surface area contributed by atoms with Gasteiger partial charge >= 0.3 is 0 Å². The van der Waals surface area contributed by atoms with Gasteiger partial charge in [0.2, 0.25) is 0 Å². The molecule has 0 bridgehead atoms. The molecule has 0 aromatic heterocycles. The summed E-state index contributed by atoms with van der Waals surface area (Å²) in [6.07, 6.45) is 1.41. The summed E-state index contributed by atoms with van der Waals surface area (Å²) in [5.74, 6) is 0.0314. The molecule has 0 aliphatic rings. The van der Waals surface area contributed by atoms with Crippen LogP contribution in [0.4, 0.5) is 0 Å². The molecule has 0 saturated carbocycles. The summed E-state index contributed by atoms with van der Waals surface area (Å²) < 4.78 is 5.57. The minimum absolute atomic E-state index is 0.351. The lowest BCUT2D eigenvalue weighted by Crippen LogP contribution is -2.34. The zero-order valence-electron chi connectivity index (χ0n) is 15.1. The first-order chi connectivity index (χ1) is 12.4. The highest BCUT2D eigenvalue weighted by Crippen LogP contribution is 2.28. The number of nitrogens with one attached hydrogen (secondary N) is 1. The molecule has 26 heavy (non-hydrogen) atoms. The fourth-order valence-corrected chi connectivity index (χ4v) is 2.76. The summed E-state index contributed by atoms with van der Waals surface area (Å²) in [6, 6.07) is 13.0. The summed E-state index contributed by atoms with van der Waals surface area (Å²) in [4.78, 5) is 12.2. The molecule has 6 heteroatoms. The summed E-state index contributed by atoms with van der Waals surface area (Å²) >= 11 is 11.9. The van der Waals surface area contributed by atoms with Gasteiger partial charge in [-0.2, -0.15) is 5.10 Å². The normalized spacial score (nSPS) is 12.6. The van der Waals surface area contributed by atoms with Crippen LogP contribution < -0.4 is 10.2 Å². The molecule has 1 unspecified atom stereocenters. The molecule has 1 N–H and O–H groups in total. The summed E-state index contributed by atoms with van der Waals surface area (Å²) in [6.45, 7) is 5.62. The average Bonchev–Trinajstić information content (AvgIpc) is 2.62. The van der Waals surface area contributed by atoms with E-state index < -0.39 is 6.10 Å². The predicted molar refractivity (Wildman–Crippen MR) is 107 cm³/mol. The van der Waals surface area contributed by atoms with Crippen LogP contribution >= 0.6 is 23.2 Å². The van der Waals surface area contributed by atoms with Crippen molar-refractivity contribution in [2.45, 2.75) is 39.7 Å². The monoisotopic (exact) mass is 392 g/mol. The molecular formula is C20H22Cl2N2O2. The highest BCUT2D eigenvalue weighted by molar-refractivity contribution is 6.35. The number of aryl methyl sites for hydroxylation is 1. The number of ether oxygens (including phenoxy) is 1. The van der Waals surface area contributed by atoms with Crippen molar-refractivity contribution in [2.24, 2.45) is 5.10 Å². The number of halogens is 2. The van der Waals surface area contributed by atoms with Crippen LogP contribution in [0.2, 0.25) is 10.0 Å². The first kappa shape index (κ1) is 20.3. The highest BCUT2D eigenvalue weighted by Gasteiger charge is 2.16. The van der Waals surface area contributed by atoms with Crippen LogP contribution in [0.5, 0.6) is 5.75 Å². The van der Waals surface area contributed by atoms with Gasteiger partial charge in [-0.15, -0.1) is 0 Å². The molecule has 0 heterocycles. The maximum Gasteiger partial charge on any atom is 0.280 e. The predicted octanol–water partition coefficient (Wildman–Crippen LogP) is 5.25. The maximum absolute atomic E-state index is 12.2. The van der Waals surface area contributed by atoms with E-state index in [1.807, 2.05) is 19.1 Å². The van der Waals surface area contributed by atoms with Gasteiger partial charge in [0, 0.05) is 5.02 Å². The number of carbonyl (C=O) groups is 1. The molecule has 0 saturated heterocycles. The zero-order chi connectivity index (χ0) is 19.1. The molecule has 1 atom stereocenters. The van der Waals surface area contributed by atoms with Crippen LogP contribution in [0.15, 0.2) is 47.6 Å². The first-order valence-electron chi connectivity index (χ1n) is 8.46. The van der Waals surface area contributed by atoms with Gasteiger partial charge in [-0.3, -0.25) is 4.79 Å². The van der Waals surface area contributed by atoms with Crippen molar-refractivity contribution in [1.82, 2.24) is 5.43 Å². The Hall–Kier alpha value is -2.04. The SMILES string of the molecule is CCCc1ccc(C(C)=NNC(=O)C(C)Oc2ccc(Cl)cc2Cl)cc1. The van der Waals surface area contributed by atoms with Crippen molar-refractivity contribution < 1.29 is 9.53 Å². The molecule has 0 aliphatic heterocycles. The maximum atomic E-state index is 12.2. The number of carbonyl (C=O) groups excluding carboxylic acids is 1. The molecule has 2 rings (SSSR count). The van der Waals surface area contributed by atoms with Crippen LogP contribution in [-0.4, -0.2) is 17.7 Å². The van der Waals surface area contributed by atoms with Gasteiger partial charge in [-0.05, 0) is 49.6 Å². The van der Waals surface area contributed by atoms with Crippen molar-refractivity contribution in [3.8, 4) is 5.75 Å². The molecule has 0 aliphatic carbocycles. The molecule has 4 nitrogen and oxygen atoms in total. The third-order valence-electron chi connectivity index (χ3n) is 3.81. The Morgan fingerprint density at radius 1 is 1.19 bits per heavy atom. The van der Waals surface area contributed by atoms with Crippen molar-refractivity contribution in [1.29, 1.82) is 0 Å². The topological polar surface area (TPSA) is 50.7 Å². The van der Waals surface area contributed by atoms with E-state index in [0.29, 0.717) is 15.8 Å². The van der Waals surface area contributed by atoms with Gasteiger partial charge in [0.05, 0.1) is 10.7 Å². The van der Waals surface area contributed by atoms with E-state index in [2.05, 4.69) is 29.6 Å². The van der Waals surface area contributed by atoms with E-state index in [-0.39, 0.29) is 5.91 Å². The average molecular weight is 393 g/mol. The van der Waals surface area contributed by atoms with E-state index in [1.165, 1.54) is 5.56 Å². The fourth-order valence-electron chi connectivity index (χ4n) is 2.31. The Morgan fingerprint density at radius 2 is 1.88 bits per heavy atom. The van der Waals surface area contributed by atoms with Crippen LogP contribution in [0.25, 0.3) is 0 Å². The Bertz CT molecular complexity index is 789. The largest absolute Gasteiger partial charge is 0.479 e. The summed E-state index contributed by atoms with van der Waals surface area (Å²) in [5.41, 5.74) is 5.49. The Morgan fingerprint density at radius 3 is 2.50 bits per heavy atom. The van der Waals surface area contributed by atoms with Gasteiger partial charge in [-0.25, -0.2) is 5.43 Å². The van der Waals surface area contributed by atoms with E-state index in [4.69, 9.17) is 27.9 Å². The molecule has 0 fully saturated rings. The van der Waals surface area contributed by atoms with E-state index in [1.54, 1.807) is 25.1 Å². The molecule has 0 spiro atoms. The minimum Gasteiger partial charge on any atom is -0.479 e. The summed E-state index contributed by atoms with van der Waals surface area (Å²) in [5, 5.41) is 5.01. The number of hydrogen-bond acceptors (Lipinski definition) is 3. The van der Waals surface area contributed by atoms with Crippen molar-refractivity contribution in [3.63, 3.8) is 0 Å². The van der Waals surface area contributed by atoms with Crippen LogP contribution in [0.3, 0.4) is 0 Å². The molecule has 2 aromatic carbocycles. The third-order valence-corrected chi connectivity index (χ3v) is 4.34. The van der Waals surface area contributed by atoms with E-state index in [9.17, 15) is 4.79 Å². The fraction of sp³-hybridized carbons (Fsp3) is 0.300. The zero-order valence-corrected chi connectivity index (χ0v) is 16.6. The van der Waals surface area contributed by atoms with E-state index >= 15 is 0 Å². The second-order valence-corrected chi connectivity index (χ2v) is 6.80. The molecular weight excluding hydrogens is 371 g/mol. The van der Waals surface area contributed by atoms with Gasteiger partial charge in [0.25, 0.3) is 5.91 Å². The molecule has 0 radical (unpaired) electrons. The molecule has 1 amide bonds. The van der Waals surface area contributed by atoms with Gasteiger partial charge in [0.1, 0.15) is 5.75 Å². The highest BCUT2D eigenvalue weighted by atomic mass is 35.5. The Labute approximate surface area is 164 Å². The lowest BCUT2D eigenvalue weighted by Gasteiger charge is -2.14. The number of nitrogens with zero attached hydrogens (tertiary/aromatic N) is 1. The van der Waals surface area contributed by atoms with Crippen LogP contribution in [0.1, 0.15) is 38.3 Å². The third kappa shape index (κ3) is 5.75. The number of benzene rings is 2. The lowest BCUT2D eigenvalue weighted by molar-refractivity contribution is -0.127. The van der Waals surface area contributed by atoms with Crippen molar-refractivity contribution >= 4 is 34.8 Å². The van der Waals surface area contributed by atoms with Gasteiger partial charge < -0.3 is 4.74 Å². The minimum atomic E-state index is -0.753. The quantitative estimate of drug-likeness (QED) is 0.516. The first-order valence-corrected chi connectivity index (χ1v) is 9.21. The summed E-state index contributed by atoms with van der Waals surface area (Å²) in [7, 11) is 0. The lowest BCUT2D eigenvalue weighted by atomic mass is 10.1. The Kier molecular flexibility index (Phi) is 7.49. The van der Waals surface area contributed by atoms with Crippen molar-refractivity contribution in [2.75, 3.05) is 0 Å². The van der Waals surface area contributed by atoms with Crippen LogP contribution in [-0.2, 0) is 11.2 Å². The number of amides is 1. The molecule has 138 valence electrons. The van der Waals surface area contributed by atoms with Gasteiger partial charge in [-0.1, -0.05) is 60.8 Å². The molecule has 2 aromatic rings. The van der Waals surface area contributed by atoms with Crippen molar-refractivity contribution in [3.05, 3.63) is 63.6 Å². The van der Waals surface area contributed by atoms with Crippen LogP contribution in [0, 0.1) is 0 Å². The second-order valence-electron chi connectivity index (χ2n) is 5.96. The second kappa shape index (κ2) is 9.60. The Balaban J connectivity index is 1.96. The number of rotatable bonds is 7.